The molecule has 2 unspecified atom stereocenters. The number of thiophene rings is 1. The molecule has 7 nitrogen and oxygen atoms in total. The van der Waals surface area contributed by atoms with Gasteiger partial charge in [0.25, 0.3) is 5.91 Å². The standard InChI is InChI=1S/C36H41N3O4S/c1-3-4-5-6-7-18-43-30-15-13-26(14-16-30)29-22-37-34(38-23-29)27-11-9-25(10-12-27)20-31(36(41)42)39-35(40)33-21-28-19-24(2)8-17-32(28)44-33/h9-16,21-24,31H,3-8,17-20H2,1-2H3,(H,39,40)(H,41,42). The molecule has 1 amide bonds. The Morgan fingerprint density at radius 1 is 0.977 bits per heavy atom. The van der Waals surface area contributed by atoms with Gasteiger partial charge < -0.3 is 15.2 Å². The predicted octanol–water partition coefficient (Wildman–Crippen LogP) is 7.77. The van der Waals surface area contributed by atoms with E-state index in [4.69, 9.17) is 4.74 Å². The molecule has 230 valence electrons. The van der Waals surface area contributed by atoms with Crippen molar-refractivity contribution in [2.24, 2.45) is 5.92 Å². The van der Waals surface area contributed by atoms with E-state index >= 15 is 0 Å². The number of carbonyl (C=O) groups excluding carboxylic acids is 1. The third-order valence-electron chi connectivity index (χ3n) is 8.16. The Morgan fingerprint density at radius 3 is 2.39 bits per heavy atom. The zero-order valence-corrected chi connectivity index (χ0v) is 26.4. The van der Waals surface area contributed by atoms with Gasteiger partial charge in [-0.1, -0.05) is 75.9 Å². The summed E-state index contributed by atoms with van der Waals surface area (Å²) in [6, 6.07) is 16.4. The summed E-state index contributed by atoms with van der Waals surface area (Å²) in [6.07, 6.45) is 12.9. The number of unbranched alkanes of at least 4 members (excludes halogenated alkanes) is 4. The first-order valence-electron chi connectivity index (χ1n) is 15.7. The molecule has 2 atom stereocenters. The van der Waals surface area contributed by atoms with Gasteiger partial charge in [-0.2, -0.15) is 0 Å². The predicted molar refractivity (Wildman–Crippen MR) is 175 cm³/mol. The van der Waals surface area contributed by atoms with Crippen LogP contribution in [0.2, 0.25) is 0 Å². The lowest BCUT2D eigenvalue weighted by molar-refractivity contribution is -0.139. The van der Waals surface area contributed by atoms with E-state index in [1.807, 2.05) is 54.6 Å². The number of carboxylic acid groups (broad SMARTS) is 1. The van der Waals surface area contributed by atoms with Crippen LogP contribution in [0, 0.1) is 5.92 Å². The molecule has 0 fully saturated rings. The second-order valence-corrected chi connectivity index (χ2v) is 12.9. The first-order valence-corrected chi connectivity index (χ1v) is 16.5. The molecule has 1 aliphatic carbocycles. The number of nitrogens with one attached hydrogen (secondary N) is 1. The van der Waals surface area contributed by atoms with Gasteiger partial charge in [0.2, 0.25) is 0 Å². The maximum Gasteiger partial charge on any atom is 0.326 e. The van der Waals surface area contributed by atoms with Crippen molar-refractivity contribution in [2.75, 3.05) is 6.61 Å². The molecule has 0 saturated heterocycles. The van der Waals surface area contributed by atoms with Crippen LogP contribution in [0.4, 0.5) is 0 Å². The maximum atomic E-state index is 12.9. The van der Waals surface area contributed by atoms with Gasteiger partial charge in [-0.3, -0.25) is 4.79 Å². The van der Waals surface area contributed by atoms with Gasteiger partial charge in [-0.25, -0.2) is 14.8 Å². The van der Waals surface area contributed by atoms with Crippen LogP contribution in [0.5, 0.6) is 5.75 Å². The lowest BCUT2D eigenvalue weighted by Gasteiger charge is -2.16. The highest BCUT2D eigenvalue weighted by atomic mass is 32.1. The average Bonchev–Trinajstić information content (AvgIpc) is 3.47. The van der Waals surface area contributed by atoms with Crippen LogP contribution in [-0.2, 0) is 24.1 Å². The number of aliphatic carboxylic acids is 1. The number of nitrogens with zero attached hydrogens (tertiary/aromatic N) is 2. The highest BCUT2D eigenvalue weighted by molar-refractivity contribution is 7.14. The van der Waals surface area contributed by atoms with Crippen LogP contribution in [-0.4, -0.2) is 39.6 Å². The Bertz CT molecular complexity index is 1530. The van der Waals surface area contributed by atoms with E-state index in [0.29, 0.717) is 16.6 Å². The molecule has 0 saturated carbocycles. The highest BCUT2D eigenvalue weighted by Crippen LogP contribution is 2.32. The van der Waals surface area contributed by atoms with Crippen LogP contribution in [0.1, 0.15) is 78.0 Å². The van der Waals surface area contributed by atoms with Crippen LogP contribution in [0.15, 0.2) is 67.0 Å². The fourth-order valence-corrected chi connectivity index (χ4v) is 6.65. The summed E-state index contributed by atoms with van der Waals surface area (Å²) < 4.78 is 5.87. The Hall–Kier alpha value is -4.04. The average molecular weight is 612 g/mol. The van der Waals surface area contributed by atoms with E-state index < -0.39 is 12.0 Å². The van der Waals surface area contributed by atoms with Gasteiger partial charge in [0.1, 0.15) is 11.8 Å². The number of hydrogen-bond acceptors (Lipinski definition) is 6. The smallest absolute Gasteiger partial charge is 0.326 e. The molecule has 44 heavy (non-hydrogen) atoms. The fourth-order valence-electron chi connectivity index (χ4n) is 5.54. The van der Waals surface area contributed by atoms with Crippen LogP contribution in [0.3, 0.4) is 0 Å². The summed E-state index contributed by atoms with van der Waals surface area (Å²) in [5, 5.41) is 12.6. The van der Waals surface area contributed by atoms with E-state index in [1.54, 1.807) is 12.4 Å². The minimum atomic E-state index is -1.06. The second-order valence-electron chi connectivity index (χ2n) is 11.8. The number of rotatable bonds is 14. The van der Waals surface area contributed by atoms with Gasteiger partial charge in [-0.05, 0) is 66.5 Å². The number of fused-ring (bicyclic) bond motifs is 1. The van der Waals surface area contributed by atoms with Crippen molar-refractivity contribution >= 4 is 23.2 Å². The Balaban J connectivity index is 1.15. The molecule has 0 radical (unpaired) electrons. The lowest BCUT2D eigenvalue weighted by Crippen LogP contribution is -2.42. The molecule has 0 aliphatic heterocycles. The highest BCUT2D eigenvalue weighted by Gasteiger charge is 2.25. The van der Waals surface area contributed by atoms with Crippen LogP contribution >= 0.6 is 11.3 Å². The number of amides is 1. The van der Waals surface area contributed by atoms with Gasteiger partial charge >= 0.3 is 5.97 Å². The number of carboxylic acids is 1. The quantitative estimate of drug-likeness (QED) is 0.141. The summed E-state index contributed by atoms with van der Waals surface area (Å²) in [5.41, 5.74) is 4.79. The Morgan fingerprint density at radius 2 is 1.68 bits per heavy atom. The normalized spacial score (nSPS) is 14.9. The SMILES string of the molecule is CCCCCCCOc1ccc(-c2cnc(-c3ccc(CC(NC(=O)c4cc5c(s4)CCC(C)C5)C(=O)O)cc3)nc2)cc1. The number of aromatic nitrogens is 2. The maximum absolute atomic E-state index is 12.9. The fraction of sp³-hybridized carbons (Fsp3) is 0.389. The van der Waals surface area contributed by atoms with E-state index in [-0.39, 0.29) is 12.3 Å². The molecule has 8 heteroatoms. The summed E-state index contributed by atoms with van der Waals surface area (Å²) in [4.78, 5) is 35.9. The number of ether oxygens (including phenoxy) is 1. The number of benzene rings is 2. The number of hydrogen-bond donors (Lipinski definition) is 2. The summed E-state index contributed by atoms with van der Waals surface area (Å²) in [6.45, 7) is 5.18. The largest absolute Gasteiger partial charge is 0.494 e. The lowest BCUT2D eigenvalue weighted by atomic mass is 9.90. The molecule has 2 aromatic heterocycles. The minimum absolute atomic E-state index is 0.182. The third kappa shape index (κ3) is 8.32. The van der Waals surface area contributed by atoms with Crippen LogP contribution < -0.4 is 10.1 Å². The van der Waals surface area contributed by atoms with Crippen molar-refractivity contribution in [3.8, 4) is 28.3 Å². The van der Waals surface area contributed by atoms with Gasteiger partial charge in [0, 0.05) is 34.8 Å². The van der Waals surface area contributed by atoms with Crippen molar-refractivity contribution in [1.29, 1.82) is 0 Å². The molecular weight excluding hydrogens is 570 g/mol. The molecule has 2 N–H and O–H groups in total. The summed E-state index contributed by atoms with van der Waals surface area (Å²) in [5.74, 6) is 0.681. The summed E-state index contributed by atoms with van der Waals surface area (Å²) in [7, 11) is 0. The molecule has 1 aliphatic rings. The van der Waals surface area contributed by atoms with Crippen molar-refractivity contribution in [3.63, 3.8) is 0 Å². The molecule has 2 heterocycles. The first kappa shape index (κ1) is 31.4. The Labute approximate surface area is 263 Å². The van der Waals surface area contributed by atoms with E-state index in [2.05, 4.69) is 29.1 Å². The van der Waals surface area contributed by atoms with Gasteiger partial charge in [0.05, 0.1) is 11.5 Å². The summed E-state index contributed by atoms with van der Waals surface area (Å²) >= 11 is 1.49. The van der Waals surface area contributed by atoms with E-state index in [0.717, 1.165) is 60.3 Å². The third-order valence-corrected chi connectivity index (χ3v) is 9.40. The second kappa shape index (κ2) is 15.1. The van der Waals surface area contributed by atoms with Crippen molar-refractivity contribution in [3.05, 3.63) is 87.9 Å². The van der Waals surface area contributed by atoms with Gasteiger partial charge in [0.15, 0.2) is 5.82 Å². The van der Waals surface area contributed by atoms with E-state index in [1.165, 1.54) is 47.5 Å². The minimum Gasteiger partial charge on any atom is -0.494 e. The number of carbonyl (C=O) groups is 2. The number of aryl methyl sites for hydroxylation is 1. The molecule has 5 rings (SSSR count). The first-order chi connectivity index (χ1) is 21.4. The van der Waals surface area contributed by atoms with Crippen molar-refractivity contribution in [2.45, 2.75) is 77.7 Å². The Kier molecular flexibility index (Phi) is 10.8. The molecule has 4 aromatic rings. The molecule has 0 spiro atoms. The molecule has 0 bridgehead atoms. The monoisotopic (exact) mass is 611 g/mol. The van der Waals surface area contributed by atoms with Crippen molar-refractivity contribution < 1.29 is 19.4 Å². The van der Waals surface area contributed by atoms with Crippen molar-refractivity contribution in [1.82, 2.24) is 15.3 Å². The van der Waals surface area contributed by atoms with Gasteiger partial charge in [-0.15, -0.1) is 11.3 Å². The van der Waals surface area contributed by atoms with Crippen LogP contribution in [0.25, 0.3) is 22.5 Å². The molecular formula is C36H41N3O4S. The molecule has 2 aromatic carbocycles. The zero-order valence-electron chi connectivity index (χ0n) is 25.6. The van der Waals surface area contributed by atoms with E-state index in [9.17, 15) is 14.7 Å². The zero-order chi connectivity index (χ0) is 30.9. The topological polar surface area (TPSA) is 101 Å².